The minimum atomic E-state index is -0.510. The number of rotatable bonds is 4. The third kappa shape index (κ3) is 5.29. The van der Waals surface area contributed by atoms with E-state index in [0.29, 0.717) is 32.6 Å². The predicted octanol–water partition coefficient (Wildman–Crippen LogP) is 0.526. The van der Waals surface area contributed by atoms with E-state index in [2.05, 4.69) is 10.6 Å². The smallest absolute Gasteiger partial charge is 0.321 e. The third-order valence-electron chi connectivity index (χ3n) is 4.53. The average molecular weight is 346 g/mol. The molecule has 0 aliphatic carbocycles. The fourth-order valence-electron chi connectivity index (χ4n) is 2.80. The van der Waals surface area contributed by atoms with Crippen LogP contribution in [-0.4, -0.2) is 66.9 Å². The van der Waals surface area contributed by atoms with Crippen LogP contribution in [0.5, 0.6) is 0 Å². The Bertz CT molecular complexity index is 622. The van der Waals surface area contributed by atoms with Crippen LogP contribution in [0.4, 0.5) is 4.79 Å². The number of benzene rings is 1. The SMILES string of the molecule is CNC(=O)NC(=O)[C@H](C)N1CCN(C(=O)Cc2ccc(C)cc2)CC1. The Balaban J connectivity index is 1.82. The topological polar surface area (TPSA) is 81.8 Å². The van der Waals surface area contributed by atoms with E-state index < -0.39 is 12.1 Å². The maximum absolute atomic E-state index is 12.4. The zero-order valence-corrected chi connectivity index (χ0v) is 15.0. The van der Waals surface area contributed by atoms with Crippen LogP contribution in [0.3, 0.4) is 0 Å². The maximum atomic E-state index is 12.4. The van der Waals surface area contributed by atoms with Crippen molar-refractivity contribution in [2.45, 2.75) is 26.3 Å². The number of urea groups is 1. The number of piperazine rings is 1. The summed E-state index contributed by atoms with van der Waals surface area (Å²) in [6.45, 7) is 6.18. The van der Waals surface area contributed by atoms with Crippen molar-refractivity contribution in [1.29, 1.82) is 0 Å². The summed E-state index contributed by atoms with van der Waals surface area (Å²) in [5, 5.41) is 4.65. The molecule has 1 aromatic rings. The maximum Gasteiger partial charge on any atom is 0.321 e. The molecule has 0 unspecified atom stereocenters. The van der Waals surface area contributed by atoms with Crippen molar-refractivity contribution in [3.8, 4) is 0 Å². The van der Waals surface area contributed by atoms with Gasteiger partial charge in [-0.05, 0) is 19.4 Å². The minimum absolute atomic E-state index is 0.103. The quantitative estimate of drug-likeness (QED) is 0.833. The Morgan fingerprint density at radius 3 is 2.24 bits per heavy atom. The number of imide groups is 1. The zero-order valence-electron chi connectivity index (χ0n) is 15.0. The van der Waals surface area contributed by atoms with Crippen LogP contribution in [0.2, 0.25) is 0 Å². The van der Waals surface area contributed by atoms with E-state index in [9.17, 15) is 14.4 Å². The Labute approximate surface area is 148 Å². The van der Waals surface area contributed by atoms with Gasteiger partial charge in [-0.1, -0.05) is 29.8 Å². The molecule has 2 rings (SSSR count). The predicted molar refractivity (Wildman–Crippen MR) is 95.1 cm³/mol. The van der Waals surface area contributed by atoms with Crippen molar-refractivity contribution >= 4 is 17.8 Å². The van der Waals surface area contributed by atoms with Gasteiger partial charge in [0.15, 0.2) is 0 Å². The van der Waals surface area contributed by atoms with Gasteiger partial charge >= 0.3 is 6.03 Å². The molecule has 1 aromatic carbocycles. The molecular weight excluding hydrogens is 320 g/mol. The first-order valence-corrected chi connectivity index (χ1v) is 8.50. The molecule has 0 bridgehead atoms. The van der Waals surface area contributed by atoms with Gasteiger partial charge in [0.05, 0.1) is 12.5 Å². The van der Waals surface area contributed by atoms with E-state index in [0.717, 1.165) is 5.56 Å². The van der Waals surface area contributed by atoms with Gasteiger partial charge in [-0.15, -0.1) is 0 Å². The molecule has 4 amide bonds. The van der Waals surface area contributed by atoms with E-state index in [-0.39, 0.29) is 11.8 Å². The van der Waals surface area contributed by atoms with E-state index >= 15 is 0 Å². The molecule has 1 atom stereocenters. The number of carbonyl (C=O) groups is 3. The molecule has 2 N–H and O–H groups in total. The van der Waals surface area contributed by atoms with Crippen LogP contribution >= 0.6 is 0 Å². The first-order valence-electron chi connectivity index (χ1n) is 8.50. The highest BCUT2D eigenvalue weighted by molar-refractivity contribution is 5.96. The van der Waals surface area contributed by atoms with Gasteiger partial charge in [-0.2, -0.15) is 0 Å². The van der Waals surface area contributed by atoms with E-state index in [1.54, 1.807) is 6.92 Å². The Morgan fingerprint density at radius 1 is 1.08 bits per heavy atom. The summed E-state index contributed by atoms with van der Waals surface area (Å²) in [5.41, 5.74) is 2.19. The molecule has 7 nitrogen and oxygen atoms in total. The third-order valence-corrected chi connectivity index (χ3v) is 4.53. The molecule has 1 saturated heterocycles. The lowest BCUT2D eigenvalue weighted by Gasteiger charge is -2.37. The lowest BCUT2D eigenvalue weighted by Crippen LogP contribution is -2.56. The summed E-state index contributed by atoms with van der Waals surface area (Å²) < 4.78 is 0. The van der Waals surface area contributed by atoms with Crippen molar-refractivity contribution in [3.63, 3.8) is 0 Å². The fourth-order valence-corrected chi connectivity index (χ4v) is 2.80. The van der Waals surface area contributed by atoms with Crippen molar-refractivity contribution in [1.82, 2.24) is 20.4 Å². The average Bonchev–Trinajstić information content (AvgIpc) is 2.62. The summed E-state index contributed by atoms with van der Waals surface area (Å²) in [6, 6.07) is 7.06. The summed E-state index contributed by atoms with van der Waals surface area (Å²) in [7, 11) is 1.46. The highest BCUT2D eigenvalue weighted by Gasteiger charge is 2.28. The van der Waals surface area contributed by atoms with Crippen molar-refractivity contribution in [2.75, 3.05) is 33.2 Å². The fraction of sp³-hybridized carbons (Fsp3) is 0.500. The summed E-state index contributed by atoms with van der Waals surface area (Å²) in [5.74, 6) is -0.232. The van der Waals surface area contributed by atoms with Crippen LogP contribution in [-0.2, 0) is 16.0 Å². The molecule has 0 spiro atoms. The Hall–Kier alpha value is -2.41. The number of hydrogen-bond donors (Lipinski definition) is 2. The second-order valence-electron chi connectivity index (χ2n) is 6.32. The molecular formula is C18H26N4O3. The van der Waals surface area contributed by atoms with E-state index in [1.807, 2.05) is 41.0 Å². The highest BCUT2D eigenvalue weighted by Crippen LogP contribution is 2.10. The number of amides is 4. The molecule has 1 fully saturated rings. The molecule has 1 heterocycles. The first kappa shape index (κ1) is 18.9. The monoisotopic (exact) mass is 346 g/mol. The van der Waals surface area contributed by atoms with Crippen molar-refractivity contribution < 1.29 is 14.4 Å². The van der Waals surface area contributed by atoms with Gasteiger partial charge in [-0.3, -0.25) is 19.8 Å². The molecule has 136 valence electrons. The lowest BCUT2D eigenvalue weighted by atomic mass is 10.1. The number of aryl methyl sites for hydroxylation is 1. The molecule has 25 heavy (non-hydrogen) atoms. The Morgan fingerprint density at radius 2 is 1.68 bits per heavy atom. The van der Waals surface area contributed by atoms with E-state index in [1.165, 1.54) is 12.6 Å². The van der Waals surface area contributed by atoms with Crippen LogP contribution in [0.15, 0.2) is 24.3 Å². The van der Waals surface area contributed by atoms with Crippen LogP contribution < -0.4 is 10.6 Å². The van der Waals surface area contributed by atoms with Gasteiger partial charge in [0, 0.05) is 33.2 Å². The Kier molecular flexibility index (Phi) is 6.52. The molecule has 7 heteroatoms. The first-order chi connectivity index (χ1) is 11.9. The lowest BCUT2D eigenvalue weighted by molar-refractivity contribution is -0.133. The standard InChI is InChI=1S/C18H26N4O3/c1-13-4-6-15(7-5-13)12-16(23)22-10-8-21(9-11-22)14(2)17(24)20-18(25)19-3/h4-7,14H,8-12H2,1-3H3,(H2,19,20,24,25)/t14-/m0/s1. The van der Waals surface area contributed by atoms with Crippen LogP contribution in [0.25, 0.3) is 0 Å². The number of nitrogens with zero attached hydrogens (tertiary/aromatic N) is 2. The van der Waals surface area contributed by atoms with Gasteiger partial charge in [0.1, 0.15) is 0 Å². The summed E-state index contributed by atoms with van der Waals surface area (Å²) >= 11 is 0. The summed E-state index contributed by atoms with van der Waals surface area (Å²) in [6.07, 6.45) is 0.396. The molecule has 0 radical (unpaired) electrons. The van der Waals surface area contributed by atoms with Crippen LogP contribution in [0.1, 0.15) is 18.1 Å². The minimum Gasteiger partial charge on any atom is -0.341 e. The number of hydrogen-bond acceptors (Lipinski definition) is 4. The molecule has 1 aliphatic heterocycles. The summed E-state index contributed by atoms with van der Waals surface area (Å²) in [4.78, 5) is 39.5. The van der Waals surface area contributed by atoms with Crippen molar-refractivity contribution in [2.24, 2.45) is 0 Å². The van der Waals surface area contributed by atoms with Gasteiger partial charge in [0.2, 0.25) is 11.8 Å². The van der Waals surface area contributed by atoms with Gasteiger partial charge in [-0.25, -0.2) is 4.79 Å². The zero-order chi connectivity index (χ0) is 18.4. The molecule has 1 aliphatic rings. The molecule has 0 saturated carbocycles. The second-order valence-corrected chi connectivity index (χ2v) is 6.32. The highest BCUT2D eigenvalue weighted by atomic mass is 16.2. The second kappa shape index (κ2) is 8.62. The van der Waals surface area contributed by atoms with E-state index in [4.69, 9.17) is 0 Å². The van der Waals surface area contributed by atoms with Crippen LogP contribution in [0, 0.1) is 6.92 Å². The van der Waals surface area contributed by atoms with Gasteiger partial charge in [0.25, 0.3) is 0 Å². The van der Waals surface area contributed by atoms with Gasteiger partial charge < -0.3 is 10.2 Å². The number of nitrogens with one attached hydrogen (secondary N) is 2. The van der Waals surface area contributed by atoms with Crippen molar-refractivity contribution in [3.05, 3.63) is 35.4 Å². The molecule has 0 aromatic heterocycles. The largest absolute Gasteiger partial charge is 0.341 e. The normalized spacial score (nSPS) is 16.2. The number of carbonyl (C=O) groups excluding carboxylic acids is 3.